The molecule has 38 heavy (non-hydrogen) atoms. The number of rotatable bonds is 9. The first-order chi connectivity index (χ1) is 17.7. The van der Waals surface area contributed by atoms with Crippen molar-refractivity contribution in [2.75, 3.05) is 31.5 Å². The molecule has 1 aromatic carbocycles. The van der Waals surface area contributed by atoms with E-state index in [0.717, 1.165) is 75.4 Å². The number of hydrogen-bond donors (Lipinski definition) is 3. The van der Waals surface area contributed by atoms with Gasteiger partial charge >= 0.3 is 12.1 Å². The van der Waals surface area contributed by atoms with Gasteiger partial charge in [0.2, 0.25) is 5.91 Å². The van der Waals surface area contributed by atoms with E-state index in [0.29, 0.717) is 13.0 Å². The van der Waals surface area contributed by atoms with Crippen LogP contribution in [0.15, 0.2) is 36.4 Å². The van der Waals surface area contributed by atoms with Crippen LogP contribution in [0, 0.1) is 5.92 Å². The Morgan fingerprint density at radius 2 is 2.03 bits per heavy atom. The highest BCUT2D eigenvalue weighted by Crippen LogP contribution is 2.31. The second kappa shape index (κ2) is 13.3. The van der Waals surface area contributed by atoms with Crippen molar-refractivity contribution in [2.24, 2.45) is 5.92 Å². The molecule has 3 N–H and O–H groups in total. The van der Waals surface area contributed by atoms with Gasteiger partial charge in [0.15, 0.2) is 0 Å². The first kappa shape index (κ1) is 29.7. The maximum atomic E-state index is 13.2. The number of carboxylic acids is 1. The Hall–Kier alpha value is -2.85. The Bertz CT molecular complexity index is 1120. The number of fused-ring (bicyclic) bond motifs is 1. The fourth-order valence-corrected chi connectivity index (χ4v) is 5.11. The number of anilines is 1. The number of amides is 1. The predicted molar refractivity (Wildman–Crippen MR) is 140 cm³/mol. The fraction of sp³-hybridized carbons (Fsp3) is 0.519. The van der Waals surface area contributed by atoms with Gasteiger partial charge in [-0.05, 0) is 80.9 Å². The summed E-state index contributed by atoms with van der Waals surface area (Å²) in [4.78, 5) is 31.4. The second-order valence-electron chi connectivity index (χ2n) is 9.87. The van der Waals surface area contributed by atoms with Crippen molar-refractivity contribution >= 4 is 30.1 Å². The van der Waals surface area contributed by atoms with Gasteiger partial charge in [-0.15, -0.1) is 12.4 Å². The Morgan fingerprint density at radius 1 is 1.21 bits per heavy atom. The van der Waals surface area contributed by atoms with Crippen molar-refractivity contribution in [3.05, 3.63) is 58.8 Å². The number of aromatic nitrogens is 1. The van der Waals surface area contributed by atoms with E-state index in [-0.39, 0.29) is 29.8 Å². The molecule has 7 nitrogen and oxygen atoms in total. The highest BCUT2D eigenvalue weighted by Gasteiger charge is 2.32. The summed E-state index contributed by atoms with van der Waals surface area (Å²) in [6.07, 6.45) is 0.331. The molecular formula is C27H34ClF3N4O3. The summed E-state index contributed by atoms with van der Waals surface area (Å²) < 4.78 is 39.5. The lowest BCUT2D eigenvalue weighted by Gasteiger charge is -2.33. The van der Waals surface area contributed by atoms with Crippen molar-refractivity contribution in [1.82, 2.24) is 15.2 Å². The van der Waals surface area contributed by atoms with Crippen molar-refractivity contribution < 1.29 is 27.9 Å². The third-order valence-electron chi connectivity index (χ3n) is 7.05. The number of aryl methyl sites for hydroxylation is 2. The normalized spacial score (nSPS) is 18.4. The average Bonchev–Trinajstić information content (AvgIpc) is 2.88. The second-order valence-corrected chi connectivity index (χ2v) is 9.87. The third-order valence-corrected chi connectivity index (χ3v) is 7.05. The number of carbonyl (C=O) groups excluding carboxylic acids is 1. The van der Waals surface area contributed by atoms with Gasteiger partial charge < -0.3 is 20.6 Å². The van der Waals surface area contributed by atoms with Crippen LogP contribution >= 0.6 is 12.4 Å². The fourth-order valence-electron chi connectivity index (χ4n) is 5.11. The molecule has 0 radical (unpaired) electrons. The first-order valence-electron chi connectivity index (χ1n) is 12.8. The molecule has 0 spiro atoms. The standard InChI is InChI=1S/C27H33F3N4O3.ClH/c28-27(29,30)21-8-1-5-19(15-21)23(16-24(35)36)33-26(37)20-7-3-13-34(17-20)14-4-9-22-11-10-18-6-2-12-31-25(18)32-22;/h1,5,8,10-11,15,20,23H,2-4,6-7,9,12-14,16-17H2,(H,31,32)(H,33,37)(H,35,36);1H. The number of alkyl halides is 3. The van der Waals surface area contributed by atoms with E-state index in [1.807, 2.05) is 0 Å². The SMILES string of the molecule is Cl.O=C(O)CC(NC(=O)C1CCCN(CCCc2ccc3c(n2)NCCC3)C1)c1cccc(C(F)(F)F)c1. The van der Waals surface area contributed by atoms with Crippen molar-refractivity contribution in [3.63, 3.8) is 0 Å². The van der Waals surface area contributed by atoms with Crippen LogP contribution in [-0.4, -0.2) is 53.0 Å². The van der Waals surface area contributed by atoms with Crippen LogP contribution in [-0.2, 0) is 28.6 Å². The lowest BCUT2D eigenvalue weighted by molar-refractivity contribution is -0.138. The molecule has 0 saturated carbocycles. The van der Waals surface area contributed by atoms with Gasteiger partial charge in [0, 0.05) is 18.8 Å². The topological polar surface area (TPSA) is 94.6 Å². The molecule has 2 atom stereocenters. The van der Waals surface area contributed by atoms with Gasteiger partial charge in [0.1, 0.15) is 5.82 Å². The van der Waals surface area contributed by atoms with Crippen LogP contribution < -0.4 is 10.6 Å². The number of aliphatic carboxylic acids is 1. The number of nitrogens with one attached hydrogen (secondary N) is 2. The average molecular weight is 555 g/mol. The molecule has 2 unspecified atom stereocenters. The highest BCUT2D eigenvalue weighted by atomic mass is 35.5. The van der Waals surface area contributed by atoms with Gasteiger partial charge in [-0.1, -0.05) is 18.2 Å². The molecule has 2 aliphatic heterocycles. The number of carbonyl (C=O) groups is 2. The van der Waals surface area contributed by atoms with Crippen LogP contribution in [0.1, 0.15) is 60.5 Å². The van der Waals surface area contributed by atoms with Crippen LogP contribution in [0.4, 0.5) is 19.0 Å². The molecule has 11 heteroatoms. The van der Waals surface area contributed by atoms with Crippen LogP contribution in [0.3, 0.4) is 0 Å². The van der Waals surface area contributed by atoms with E-state index in [1.165, 1.54) is 17.7 Å². The number of benzene rings is 1. The lowest BCUT2D eigenvalue weighted by Crippen LogP contribution is -2.44. The van der Waals surface area contributed by atoms with Gasteiger partial charge in [0.25, 0.3) is 0 Å². The molecule has 1 saturated heterocycles. The van der Waals surface area contributed by atoms with Crippen molar-refractivity contribution in [1.29, 1.82) is 0 Å². The Balaban J connectivity index is 0.00000400. The molecule has 0 aliphatic carbocycles. The van der Waals surface area contributed by atoms with Gasteiger partial charge in [-0.25, -0.2) is 4.98 Å². The largest absolute Gasteiger partial charge is 0.481 e. The highest BCUT2D eigenvalue weighted by molar-refractivity contribution is 5.85. The minimum Gasteiger partial charge on any atom is -0.481 e. The number of pyridine rings is 1. The molecule has 2 aromatic rings. The third kappa shape index (κ3) is 8.07. The Labute approximate surface area is 226 Å². The van der Waals surface area contributed by atoms with E-state index in [1.54, 1.807) is 0 Å². The van der Waals surface area contributed by atoms with Crippen LogP contribution in [0.25, 0.3) is 0 Å². The summed E-state index contributed by atoms with van der Waals surface area (Å²) in [7, 11) is 0. The van der Waals surface area contributed by atoms with Gasteiger partial charge in [-0.2, -0.15) is 13.2 Å². The number of nitrogens with zero attached hydrogens (tertiary/aromatic N) is 2. The van der Waals surface area contributed by atoms with Crippen molar-refractivity contribution in [3.8, 4) is 0 Å². The summed E-state index contributed by atoms with van der Waals surface area (Å²) in [5.74, 6) is -0.883. The maximum absolute atomic E-state index is 13.2. The molecule has 4 rings (SSSR count). The number of likely N-dealkylation sites (tertiary alicyclic amines) is 1. The number of piperidine rings is 1. The number of carboxylic acid groups (broad SMARTS) is 1. The monoisotopic (exact) mass is 554 g/mol. The van der Waals surface area contributed by atoms with Crippen LogP contribution in [0.2, 0.25) is 0 Å². The van der Waals surface area contributed by atoms with Gasteiger partial charge in [0.05, 0.1) is 23.9 Å². The summed E-state index contributed by atoms with van der Waals surface area (Å²) >= 11 is 0. The smallest absolute Gasteiger partial charge is 0.416 e. The minimum atomic E-state index is -4.55. The molecule has 0 bridgehead atoms. The first-order valence-corrected chi connectivity index (χ1v) is 12.8. The van der Waals surface area contributed by atoms with E-state index in [4.69, 9.17) is 4.98 Å². The maximum Gasteiger partial charge on any atom is 0.416 e. The van der Waals surface area contributed by atoms with E-state index < -0.39 is 30.2 Å². The lowest BCUT2D eigenvalue weighted by atomic mass is 9.95. The predicted octanol–water partition coefficient (Wildman–Crippen LogP) is 4.86. The zero-order valence-electron chi connectivity index (χ0n) is 21.1. The zero-order valence-corrected chi connectivity index (χ0v) is 21.9. The Morgan fingerprint density at radius 3 is 2.79 bits per heavy atom. The zero-order chi connectivity index (χ0) is 26.4. The number of hydrogen-bond acceptors (Lipinski definition) is 5. The molecular weight excluding hydrogens is 521 g/mol. The molecule has 208 valence electrons. The summed E-state index contributed by atoms with van der Waals surface area (Å²) in [5.41, 5.74) is 1.55. The Kier molecular flexibility index (Phi) is 10.4. The molecule has 1 fully saturated rings. The summed E-state index contributed by atoms with van der Waals surface area (Å²) in [6, 6.07) is 7.67. The quantitative estimate of drug-likeness (QED) is 0.410. The molecule has 1 aromatic heterocycles. The van der Waals surface area contributed by atoms with E-state index in [2.05, 4.69) is 27.7 Å². The minimum absolute atomic E-state index is 0. The van der Waals surface area contributed by atoms with E-state index >= 15 is 0 Å². The summed E-state index contributed by atoms with van der Waals surface area (Å²) in [5, 5.41) is 15.4. The van der Waals surface area contributed by atoms with Gasteiger partial charge in [-0.3, -0.25) is 9.59 Å². The summed E-state index contributed by atoms with van der Waals surface area (Å²) in [6.45, 7) is 3.16. The molecule has 2 aliphatic rings. The molecule has 3 heterocycles. The van der Waals surface area contributed by atoms with Crippen LogP contribution in [0.5, 0.6) is 0 Å². The van der Waals surface area contributed by atoms with Crippen molar-refractivity contribution in [2.45, 2.75) is 57.2 Å². The number of halogens is 4. The molecule has 1 amide bonds. The van der Waals surface area contributed by atoms with E-state index in [9.17, 15) is 27.9 Å².